The summed E-state index contributed by atoms with van der Waals surface area (Å²) in [5.74, 6) is 3.79. The van der Waals surface area contributed by atoms with Gasteiger partial charge in [0.1, 0.15) is 0 Å². The van der Waals surface area contributed by atoms with Crippen LogP contribution in [0.4, 0.5) is 0 Å². The van der Waals surface area contributed by atoms with E-state index in [9.17, 15) is 0 Å². The molecular formula is C14H22. The summed E-state index contributed by atoms with van der Waals surface area (Å²) in [4.78, 5) is 0. The molecule has 0 heterocycles. The van der Waals surface area contributed by atoms with E-state index in [1.165, 1.54) is 37.7 Å². The molecule has 0 radical (unpaired) electrons. The van der Waals surface area contributed by atoms with Crippen LogP contribution < -0.4 is 0 Å². The van der Waals surface area contributed by atoms with Crippen molar-refractivity contribution in [3.63, 3.8) is 0 Å². The van der Waals surface area contributed by atoms with Gasteiger partial charge in [-0.05, 0) is 54.9 Å². The molecule has 0 nitrogen and oxygen atoms in total. The molecule has 0 N–H and O–H groups in total. The van der Waals surface area contributed by atoms with Crippen LogP contribution in [0, 0.1) is 23.7 Å². The molecule has 2 bridgehead atoms. The predicted molar refractivity (Wildman–Crippen MR) is 61.0 cm³/mol. The lowest BCUT2D eigenvalue weighted by atomic mass is 9.80. The van der Waals surface area contributed by atoms with Crippen molar-refractivity contribution in [1.82, 2.24) is 0 Å². The van der Waals surface area contributed by atoms with Crippen LogP contribution in [0.5, 0.6) is 0 Å². The van der Waals surface area contributed by atoms with Crippen molar-refractivity contribution >= 4 is 0 Å². The number of hydrogen-bond acceptors (Lipinski definition) is 0. The molecule has 0 aromatic rings. The zero-order valence-electron chi connectivity index (χ0n) is 9.55. The molecule has 2 aliphatic carbocycles. The lowest BCUT2D eigenvalue weighted by molar-refractivity contribution is 0.261. The molecule has 4 atom stereocenters. The summed E-state index contributed by atoms with van der Waals surface area (Å²) in [7, 11) is 0. The normalized spacial score (nSPS) is 38.1. The van der Waals surface area contributed by atoms with Gasteiger partial charge < -0.3 is 0 Å². The van der Waals surface area contributed by atoms with E-state index < -0.39 is 0 Å². The van der Waals surface area contributed by atoms with Crippen molar-refractivity contribution in [3.05, 3.63) is 17.9 Å². The Bertz CT molecular complexity index is 257. The van der Waals surface area contributed by atoms with E-state index in [4.69, 9.17) is 0 Å². The first-order valence-electron chi connectivity index (χ1n) is 6.15. The quantitative estimate of drug-likeness (QED) is 0.573. The zero-order chi connectivity index (χ0) is 10.1. The third-order valence-corrected chi connectivity index (χ3v) is 4.63. The van der Waals surface area contributed by atoms with Crippen molar-refractivity contribution in [3.8, 4) is 0 Å². The molecule has 0 heteroatoms. The number of fused-ring (bicyclic) bond motifs is 2. The van der Waals surface area contributed by atoms with Crippen LogP contribution in [0.1, 0.15) is 46.0 Å². The van der Waals surface area contributed by atoms with Gasteiger partial charge in [-0.3, -0.25) is 0 Å². The van der Waals surface area contributed by atoms with Gasteiger partial charge in [-0.25, -0.2) is 0 Å². The Labute approximate surface area is 88.1 Å². The van der Waals surface area contributed by atoms with Gasteiger partial charge in [0, 0.05) is 0 Å². The molecule has 0 aromatic heterocycles. The molecule has 0 amide bonds. The van der Waals surface area contributed by atoms with Crippen LogP contribution >= 0.6 is 0 Å². The van der Waals surface area contributed by atoms with Gasteiger partial charge in [0.25, 0.3) is 0 Å². The highest BCUT2D eigenvalue weighted by atomic mass is 14.4. The van der Waals surface area contributed by atoms with Crippen LogP contribution in [0.3, 0.4) is 0 Å². The lowest BCUT2D eigenvalue weighted by Gasteiger charge is -2.25. The number of hydrogen-bond donors (Lipinski definition) is 0. The average molecular weight is 190 g/mol. The van der Waals surface area contributed by atoms with E-state index in [1.807, 2.05) is 0 Å². The summed E-state index contributed by atoms with van der Waals surface area (Å²) >= 11 is 0. The maximum Gasteiger partial charge on any atom is -0.0122 e. The molecule has 2 saturated carbocycles. The van der Waals surface area contributed by atoms with Crippen LogP contribution in [0.25, 0.3) is 0 Å². The van der Waals surface area contributed by atoms with Crippen LogP contribution in [-0.4, -0.2) is 0 Å². The van der Waals surface area contributed by atoms with E-state index in [1.54, 1.807) is 0 Å². The summed E-state index contributed by atoms with van der Waals surface area (Å²) in [5.41, 5.74) is 4.71. The second-order valence-corrected chi connectivity index (χ2v) is 5.22. The Hall–Kier alpha value is -0.480. The topological polar surface area (TPSA) is 0 Å². The molecule has 2 rings (SSSR count). The minimum atomic E-state index is 0.852. The Balaban J connectivity index is 2.11. The second-order valence-electron chi connectivity index (χ2n) is 5.22. The largest absolute Gasteiger partial charge is 0.129 e. The van der Waals surface area contributed by atoms with Crippen molar-refractivity contribution in [2.75, 3.05) is 0 Å². The van der Waals surface area contributed by atoms with Gasteiger partial charge in [0.2, 0.25) is 0 Å². The maximum atomic E-state index is 3.83. The molecule has 3 unspecified atom stereocenters. The van der Waals surface area contributed by atoms with Crippen LogP contribution in [0.15, 0.2) is 17.9 Å². The van der Waals surface area contributed by atoms with Crippen LogP contribution in [0.2, 0.25) is 0 Å². The summed E-state index contributed by atoms with van der Waals surface area (Å²) in [6.07, 6.45) is 6.90. The number of allylic oxidation sites excluding steroid dienone is 1. The van der Waals surface area contributed by atoms with Crippen molar-refractivity contribution in [1.29, 1.82) is 0 Å². The highest BCUT2D eigenvalue weighted by Gasteiger charge is 2.40. The third kappa shape index (κ3) is 1.57. The third-order valence-electron chi connectivity index (χ3n) is 4.63. The van der Waals surface area contributed by atoms with Gasteiger partial charge in [0.15, 0.2) is 0 Å². The van der Waals surface area contributed by atoms with Crippen LogP contribution in [-0.2, 0) is 0 Å². The Morgan fingerprint density at radius 1 is 1.50 bits per heavy atom. The summed E-state index contributed by atoms with van der Waals surface area (Å²) in [5, 5.41) is 0. The molecule has 0 aromatic carbocycles. The second kappa shape index (κ2) is 3.95. The SMILES string of the molecule is C=C=C1CCC2CC1C[C@@H]2C(C)CC. The average Bonchev–Trinajstić information content (AvgIpc) is 2.56. The molecular weight excluding hydrogens is 168 g/mol. The van der Waals surface area contributed by atoms with Crippen molar-refractivity contribution in [2.24, 2.45) is 23.7 Å². The van der Waals surface area contributed by atoms with E-state index >= 15 is 0 Å². The standard InChI is InChI=1S/C14H22/c1-4-10(3)14-9-13-8-12(14)7-6-11(13)5-2/h10,12-14H,2,4,6-9H2,1,3H3/t10?,12?,13?,14-/m1/s1. The summed E-state index contributed by atoms with van der Waals surface area (Å²) in [6.45, 7) is 8.59. The fraction of sp³-hybridized carbons (Fsp3) is 0.786. The lowest BCUT2D eigenvalue weighted by Crippen LogP contribution is -2.16. The van der Waals surface area contributed by atoms with Gasteiger partial charge >= 0.3 is 0 Å². The van der Waals surface area contributed by atoms with Gasteiger partial charge in [-0.2, -0.15) is 0 Å². The fourth-order valence-corrected chi connectivity index (χ4v) is 3.55. The van der Waals surface area contributed by atoms with Gasteiger partial charge in [0.05, 0.1) is 0 Å². The molecule has 0 saturated heterocycles. The Kier molecular flexibility index (Phi) is 2.83. The van der Waals surface area contributed by atoms with Gasteiger partial charge in [-0.1, -0.05) is 26.8 Å². The van der Waals surface area contributed by atoms with E-state index in [0.717, 1.165) is 23.7 Å². The zero-order valence-corrected chi connectivity index (χ0v) is 9.55. The first-order chi connectivity index (χ1) is 6.76. The number of rotatable bonds is 2. The fourth-order valence-electron chi connectivity index (χ4n) is 3.55. The molecule has 2 aliphatic rings. The molecule has 14 heavy (non-hydrogen) atoms. The monoisotopic (exact) mass is 190 g/mol. The maximum absolute atomic E-state index is 3.83. The summed E-state index contributed by atoms with van der Waals surface area (Å²) in [6, 6.07) is 0. The smallest absolute Gasteiger partial charge is 0.0122 e. The molecule has 2 fully saturated rings. The Morgan fingerprint density at radius 3 is 2.93 bits per heavy atom. The minimum absolute atomic E-state index is 0.852. The first kappa shape index (κ1) is 10.1. The van der Waals surface area contributed by atoms with E-state index in [0.29, 0.717) is 0 Å². The molecule has 0 spiro atoms. The highest BCUT2D eigenvalue weighted by molar-refractivity contribution is 5.12. The molecule has 0 aliphatic heterocycles. The van der Waals surface area contributed by atoms with E-state index in [-0.39, 0.29) is 0 Å². The molecule has 78 valence electrons. The summed E-state index contributed by atoms with van der Waals surface area (Å²) < 4.78 is 0. The van der Waals surface area contributed by atoms with Gasteiger partial charge in [-0.15, -0.1) is 5.73 Å². The van der Waals surface area contributed by atoms with Crippen molar-refractivity contribution < 1.29 is 0 Å². The van der Waals surface area contributed by atoms with E-state index in [2.05, 4.69) is 26.2 Å². The first-order valence-corrected chi connectivity index (χ1v) is 6.15. The minimum Gasteiger partial charge on any atom is -0.129 e. The highest BCUT2D eigenvalue weighted by Crippen LogP contribution is 2.51. The predicted octanol–water partition coefficient (Wildman–Crippen LogP) is 4.18. The Morgan fingerprint density at radius 2 is 2.29 bits per heavy atom. The van der Waals surface area contributed by atoms with Crippen molar-refractivity contribution in [2.45, 2.75) is 46.0 Å².